The van der Waals surface area contributed by atoms with Gasteiger partial charge in [-0.25, -0.2) is 0 Å². The summed E-state index contributed by atoms with van der Waals surface area (Å²) in [5.41, 5.74) is 0.472. The minimum absolute atomic E-state index is 0.120. The Morgan fingerprint density at radius 2 is 2.00 bits per heavy atom. The van der Waals surface area contributed by atoms with E-state index in [1.807, 2.05) is 0 Å². The molecule has 0 spiro atoms. The van der Waals surface area contributed by atoms with Crippen LogP contribution in [0, 0.1) is 5.41 Å². The van der Waals surface area contributed by atoms with Crippen LogP contribution in [0.4, 0.5) is 0 Å². The largest absolute Gasteiger partial charge is 0.372 e. The van der Waals surface area contributed by atoms with E-state index < -0.39 is 0 Å². The lowest BCUT2D eigenvalue weighted by Crippen LogP contribution is -2.40. The normalized spacial score (nSPS) is 24.6. The smallest absolute Gasteiger partial charge is 0.0631 e. The fourth-order valence-electron chi connectivity index (χ4n) is 2.99. The first-order chi connectivity index (χ1) is 8.74. The maximum Gasteiger partial charge on any atom is 0.0631 e. The first-order valence-corrected chi connectivity index (χ1v) is 8.16. The molecule has 1 rings (SSSR count). The summed E-state index contributed by atoms with van der Waals surface area (Å²) in [5.74, 6) is 0. The Balaban J connectivity index is 2.28. The van der Waals surface area contributed by atoms with E-state index in [4.69, 9.17) is 4.74 Å². The van der Waals surface area contributed by atoms with Crippen LogP contribution in [0.1, 0.15) is 80.1 Å². The maximum absolute atomic E-state index is 6.08. The van der Waals surface area contributed by atoms with Crippen molar-refractivity contribution in [1.29, 1.82) is 0 Å². The van der Waals surface area contributed by atoms with Crippen molar-refractivity contribution >= 4 is 0 Å². The molecule has 0 aliphatic carbocycles. The van der Waals surface area contributed by atoms with Crippen LogP contribution in [0.2, 0.25) is 0 Å². The topological polar surface area (TPSA) is 21.3 Å². The fraction of sp³-hybridized carbons (Fsp3) is 1.00. The number of hydrogen-bond acceptors (Lipinski definition) is 2. The highest BCUT2D eigenvalue weighted by molar-refractivity contribution is 4.83. The fourth-order valence-corrected chi connectivity index (χ4v) is 2.99. The minimum atomic E-state index is 0.120. The van der Waals surface area contributed by atoms with Gasteiger partial charge in [0.15, 0.2) is 0 Å². The van der Waals surface area contributed by atoms with Crippen molar-refractivity contribution in [3.05, 3.63) is 0 Å². The van der Waals surface area contributed by atoms with Crippen molar-refractivity contribution < 1.29 is 4.74 Å². The second kappa shape index (κ2) is 7.08. The van der Waals surface area contributed by atoms with Crippen LogP contribution in [0.5, 0.6) is 0 Å². The standard InChI is InChI=1S/C17H35NO/c1-7-13-18-15(16(2,3)4)10-8-9-14-11-12-17(5,6)19-14/h14-15,18H,7-13H2,1-6H3. The highest BCUT2D eigenvalue weighted by Gasteiger charge is 2.31. The molecule has 19 heavy (non-hydrogen) atoms. The molecular formula is C17H35NO. The van der Waals surface area contributed by atoms with E-state index >= 15 is 0 Å². The monoisotopic (exact) mass is 269 g/mol. The SMILES string of the molecule is CCCNC(CCCC1CCC(C)(C)O1)C(C)(C)C. The van der Waals surface area contributed by atoms with Crippen molar-refractivity contribution in [3.8, 4) is 0 Å². The summed E-state index contributed by atoms with van der Waals surface area (Å²) in [6.45, 7) is 14.8. The quantitative estimate of drug-likeness (QED) is 0.733. The van der Waals surface area contributed by atoms with E-state index in [1.165, 1.54) is 38.5 Å². The summed E-state index contributed by atoms with van der Waals surface area (Å²) in [5, 5.41) is 3.71. The van der Waals surface area contributed by atoms with Crippen LogP contribution in [0.25, 0.3) is 0 Å². The lowest BCUT2D eigenvalue weighted by atomic mass is 9.83. The lowest BCUT2D eigenvalue weighted by Gasteiger charge is -2.32. The van der Waals surface area contributed by atoms with Crippen molar-refractivity contribution in [2.24, 2.45) is 5.41 Å². The predicted octanol–water partition coefficient (Wildman–Crippen LogP) is 4.53. The molecule has 0 aromatic rings. The molecule has 1 N–H and O–H groups in total. The van der Waals surface area contributed by atoms with E-state index in [2.05, 4.69) is 46.9 Å². The third kappa shape index (κ3) is 6.27. The molecule has 0 radical (unpaired) electrons. The van der Waals surface area contributed by atoms with Crippen LogP contribution in [0.15, 0.2) is 0 Å². The molecular weight excluding hydrogens is 234 g/mol. The second-order valence-electron chi connectivity index (χ2n) is 7.84. The summed E-state index contributed by atoms with van der Waals surface area (Å²) >= 11 is 0. The van der Waals surface area contributed by atoms with Gasteiger partial charge in [-0.2, -0.15) is 0 Å². The van der Waals surface area contributed by atoms with E-state index in [0.29, 0.717) is 17.6 Å². The molecule has 1 saturated heterocycles. The maximum atomic E-state index is 6.08. The molecule has 2 heteroatoms. The van der Waals surface area contributed by atoms with Gasteiger partial charge in [0.2, 0.25) is 0 Å². The van der Waals surface area contributed by atoms with E-state index in [9.17, 15) is 0 Å². The Labute approximate surface area is 120 Å². The Hall–Kier alpha value is -0.0800. The highest BCUT2D eigenvalue weighted by atomic mass is 16.5. The van der Waals surface area contributed by atoms with Gasteiger partial charge in [0.25, 0.3) is 0 Å². The molecule has 0 aromatic heterocycles. The average molecular weight is 269 g/mol. The molecule has 2 nitrogen and oxygen atoms in total. The van der Waals surface area contributed by atoms with Gasteiger partial charge >= 0.3 is 0 Å². The van der Waals surface area contributed by atoms with Gasteiger partial charge in [-0.1, -0.05) is 27.7 Å². The minimum Gasteiger partial charge on any atom is -0.372 e. The van der Waals surface area contributed by atoms with Gasteiger partial charge in [0.05, 0.1) is 11.7 Å². The summed E-state index contributed by atoms with van der Waals surface area (Å²) in [4.78, 5) is 0. The van der Waals surface area contributed by atoms with Crippen molar-refractivity contribution in [3.63, 3.8) is 0 Å². The van der Waals surface area contributed by atoms with E-state index in [-0.39, 0.29) is 5.60 Å². The van der Waals surface area contributed by atoms with E-state index in [1.54, 1.807) is 0 Å². The zero-order chi connectivity index (χ0) is 14.5. The molecule has 1 heterocycles. The van der Waals surface area contributed by atoms with Crippen LogP contribution < -0.4 is 5.32 Å². The van der Waals surface area contributed by atoms with Crippen LogP contribution in [-0.2, 0) is 4.74 Å². The van der Waals surface area contributed by atoms with Gasteiger partial charge in [0.1, 0.15) is 0 Å². The predicted molar refractivity (Wildman–Crippen MR) is 83.6 cm³/mol. The van der Waals surface area contributed by atoms with Crippen LogP contribution in [0.3, 0.4) is 0 Å². The molecule has 2 atom stereocenters. The Bertz CT molecular complexity index is 254. The molecule has 2 unspecified atom stereocenters. The summed E-state index contributed by atoms with van der Waals surface area (Å²) in [6, 6.07) is 0.627. The molecule has 114 valence electrons. The lowest BCUT2D eigenvalue weighted by molar-refractivity contribution is -0.0196. The zero-order valence-electron chi connectivity index (χ0n) is 14.0. The van der Waals surface area contributed by atoms with Crippen molar-refractivity contribution in [2.75, 3.05) is 6.54 Å². The van der Waals surface area contributed by atoms with Gasteiger partial charge < -0.3 is 10.1 Å². The number of nitrogens with one attached hydrogen (secondary N) is 1. The third-order valence-corrected chi connectivity index (χ3v) is 4.26. The Kier molecular flexibility index (Phi) is 6.32. The molecule has 1 fully saturated rings. The second-order valence-corrected chi connectivity index (χ2v) is 7.84. The molecule has 0 amide bonds. The van der Waals surface area contributed by atoms with Gasteiger partial charge in [-0.3, -0.25) is 0 Å². The number of hydrogen-bond donors (Lipinski definition) is 1. The van der Waals surface area contributed by atoms with Gasteiger partial charge in [-0.05, 0) is 64.3 Å². The number of ether oxygens (including phenoxy) is 1. The molecule has 1 aliphatic rings. The first-order valence-electron chi connectivity index (χ1n) is 8.16. The highest BCUT2D eigenvalue weighted by Crippen LogP contribution is 2.32. The number of rotatable bonds is 7. The van der Waals surface area contributed by atoms with Crippen molar-refractivity contribution in [1.82, 2.24) is 5.32 Å². The molecule has 0 aromatic carbocycles. The summed E-state index contributed by atoms with van der Waals surface area (Å²) < 4.78 is 6.08. The van der Waals surface area contributed by atoms with Crippen LogP contribution in [-0.4, -0.2) is 24.3 Å². The Morgan fingerprint density at radius 3 is 2.47 bits per heavy atom. The zero-order valence-corrected chi connectivity index (χ0v) is 14.0. The van der Waals surface area contributed by atoms with Crippen molar-refractivity contribution in [2.45, 2.75) is 97.8 Å². The molecule has 1 aliphatic heterocycles. The van der Waals surface area contributed by atoms with Gasteiger partial charge in [0, 0.05) is 6.04 Å². The summed E-state index contributed by atoms with van der Waals surface area (Å²) in [6.07, 6.45) is 7.95. The first kappa shape index (κ1) is 17.0. The van der Waals surface area contributed by atoms with E-state index in [0.717, 1.165) is 6.54 Å². The molecule has 0 saturated carbocycles. The summed E-state index contributed by atoms with van der Waals surface area (Å²) in [7, 11) is 0. The Morgan fingerprint density at radius 1 is 1.32 bits per heavy atom. The van der Waals surface area contributed by atoms with Gasteiger partial charge in [-0.15, -0.1) is 0 Å². The van der Waals surface area contributed by atoms with Crippen LogP contribution >= 0.6 is 0 Å². The average Bonchev–Trinajstić information content (AvgIpc) is 2.61. The third-order valence-electron chi connectivity index (χ3n) is 4.26. The molecule has 0 bridgehead atoms.